The number of benzene rings is 3. The molecule has 1 fully saturated rings. The Hall–Kier alpha value is -3.97. The highest BCUT2D eigenvalue weighted by atomic mass is 16.6. The molecule has 1 amide bonds. The zero-order chi connectivity index (χ0) is 31.8. The number of aromatic nitrogens is 2. The number of amides is 1. The van der Waals surface area contributed by atoms with Gasteiger partial charge in [0.05, 0.1) is 23.1 Å². The Kier molecular flexibility index (Phi) is 10.7. The Morgan fingerprint density at radius 2 is 1.76 bits per heavy atom. The maximum Gasteiger partial charge on any atom is 0.339 e. The van der Waals surface area contributed by atoms with Crippen LogP contribution in [0.2, 0.25) is 0 Å². The van der Waals surface area contributed by atoms with Gasteiger partial charge in [-0.05, 0) is 93.5 Å². The third kappa shape index (κ3) is 8.82. The normalized spacial score (nSPS) is 14.0. The second-order valence-corrected chi connectivity index (χ2v) is 13.4. The first-order valence-corrected chi connectivity index (χ1v) is 16.6. The summed E-state index contributed by atoms with van der Waals surface area (Å²) < 4.78 is 8.06. The van der Waals surface area contributed by atoms with Gasteiger partial charge in [-0.2, -0.15) is 0 Å². The lowest BCUT2D eigenvalue weighted by Crippen LogP contribution is -2.32. The average molecular weight is 609 g/mol. The number of rotatable bonds is 12. The van der Waals surface area contributed by atoms with E-state index in [1.165, 1.54) is 32.1 Å². The van der Waals surface area contributed by atoms with Crippen molar-refractivity contribution in [3.8, 4) is 11.1 Å². The molecule has 0 bridgehead atoms. The van der Waals surface area contributed by atoms with E-state index in [1.54, 1.807) is 0 Å². The number of ether oxygens (including phenoxy) is 1. The molecule has 0 saturated heterocycles. The van der Waals surface area contributed by atoms with Crippen LogP contribution >= 0.6 is 0 Å². The van der Waals surface area contributed by atoms with Crippen LogP contribution < -0.4 is 10.6 Å². The molecule has 1 saturated carbocycles. The molecule has 0 radical (unpaired) electrons. The predicted molar refractivity (Wildman–Crippen MR) is 183 cm³/mol. The van der Waals surface area contributed by atoms with E-state index < -0.39 is 5.60 Å². The van der Waals surface area contributed by atoms with Gasteiger partial charge < -0.3 is 19.9 Å². The minimum absolute atomic E-state index is 0.0408. The average Bonchev–Trinajstić information content (AvgIpc) is 3.36. The number of fused-ring (bicyclic) bond motifs is 1. The van der Waals surface area contributed by atoms with Crippen molar-refractivity contribution in [1.29, 1.82) is 0 Å². The third-order valence-corrected chi connectivity index (χ3v) is 8.44. The number of nitrogens with zero attached hydrogens (tertiary/aromatic N) is 2. The summed E-state index contributed by atoms with van der Waals surface area (Å²) in [6, 6.07) is 21.9. The topological polar surface area (TPSA) is 85.3 Å². The second kappa shape index (κ2) is 14.9. The Morgan fingerprint density at radius 1 is 0.978 bits per heavy atom. The Balaban J connectivity index is 1.41. The molecule has 238 valence electrons. The molecule has 45 heavy (non-hydrogen) atoms. The number of carbonyl (C=O) groups excluding carboxylic acids is 2. The van der Waals surface area contributed by atoms with Gasteiger partial charge in [-0.15, -0.1) is 0 Å². The summed E-state index contributed by atoms with van der Waals surface area (Å²) in [4.78, 5) is 31.3. The number of anilines is 1. The molecule has 5 rings (SSSR count). The molecule has 4 aromatic rings. The predicted octanol–water partition coefficient (Wildman–Crippen LogP) is 8.16. The summed E-state index contributed by atoms with van der Waals surface area (Å²) in [5, 5.41) is 6.44. The highest BCUT2D eigenvalue weighted by Gasteiger charge is 2.22. The second-order valence-electron chi connectivity index (χ2n) is 13.4. The minimum atomic E-state index is -0.610. The van der Waals surface area contributed by atoms with Crippen molar-refractivity contribution in [3.63, 3.8) is 0 Å². The highest BCUT2D eigenvalue weighted by molar-refractivity contribution is 5.98. The van der Waals surface area contributed by atoms with Crippen LogP contribution in [-0.2, 0) is 22.5 Å². The van der Waals surface area contributed by atoms with E-state index in [0.29, 0.717) is 24.6 Å². The fraction of sp³-hybridized carbons (Fsp3) is 0.447. The summed E-state index contributed by atoms with van der Waals surface area (Å²) in [7, 11) is 0. The molecule has 7 heteroatoms. The first kappa shape index (κ1) is 32.4. The lowest BCUT2D eigenvalue weighted by Gasteiger charge is -2.21. The van der Waals surface area contributed by atoms with Crippen molar-refractivity contribution < 1.29 is 14.3 Å². The molecule has 1 aromatic heterocycles. The minimum Gasteiger partial charge on any atom is -0.456 e. The quantitative estimate of drug-likeness (QED) is 0.159. The van der Waals surface area contributed by atoms with Gasteiger partial charge in [0.1, 0.15) is 11.4 Å². The number of hydrogen-bond acceptors (Lipinski definition) is 5. The number of esters is 1. The van der Waals surface area contributed by atoms with Crippen LogP contribution in [0.4, 0.5) is 5.69 Å². The van der Waals surface area contributed by atoms with Crippen LogP contribution in [-0.4, -0.2) is 40.1 Å². The van der Waals surface area contributed by atoms with Crippen molar-refractivity contribution in [1.82, 2.24) is 14.9 Å². The molecule has 3 aromatic carbocycles. The maximum absolute atomic E-state index is 13.5. The zero-order valence-corrected chi connectivity index (χ0v) is 27.3. The molecule has 1 aliphatic carbocycles. The van der Waals surface area contributed by atoms with E-state index in [2.05, 4.69) is 28.2 Å². The summed E-state index contributed by atoms with van der Waals surface area (Å²) in [5.41, 5.74) is 5.33. The van der Waals surface area contributed by atoms with Gasteiger partial charge in [0, 0.05) is 18.7 Å². The number of carbonyl (C=O) groups is 2. The Morgan fingerprint density at radius 3 is 2.49 bits per heavy atom. The number of nitrogens with one attached hydrogen (secondary N) is 2. The van der Waals surface area contributed by atoms with Crippen molar-refractivity contribution in [2.75, 3.05) is 18.4 Å². The van der Waals surface area contributed by atoms with Crippen LogP contribution in [0.5, 0.6) is 0 Å². The Labute approximate surface area is 267 Å². The first-order valence-electron chi connectivity index (χ1n) is 16.6. The van der Waals surface area contributed by atoms with Crippen LogP contribution in [0.1, 0.15) is 94.4 Å². The zero-order valence-electron chi connectivity index (χ0n) is 27.3. The van der Waals surface area contributed by atoms with E-state index in [-0.39, 0.29) is 11.9 Å². The van der Waals surface area contributed by atoms with Crippen molar-refractivity contribution in [2.24, 2.45) is 5.92 Å². The van der Waals surface area contributed by atoms with Gasteiger partial charge in [0.25, 0.3) is 0 Å². The lowest BCUT2D eigenvalue weighted by molar-refractivity contribution is -0.115. The fourth-order valence-corrected chi connectivity index (χ4v) is 6.18. The molecular formula is C38H48N4O3. The van der Waals surface area contributed by atoms with Gasteiger partial charge >= 0.3 is 5.97 Å². The maximum atomic E-state index is 13.5. The van der Waals surface area contributed by atoms with Gasteiger partial charge in [0.2, 0.25) is 5.91 Å². The lowest BCUT2D eigenvalue weighted by atomic mass is 9.89. The summed E-state index contributed by atoms with van der Waals surface area (Å²) in [6.45, 7) is 9.58. The number of imidazole rings is 1. The Bertz CT molecular complexity index is 1600. The fourth-order valence-electron chi connectivity index (χ4n) is 6.18. The van der Waals surface area contributed by atoms with E-state index in [9.17, 15) is 9.59 Å². The van der Waals surface area contributed by atoms with Gasteiger partial charge in [-0.3, -0.25) is 4.79 Å². The summed E-state index contributed by atoms with van der Waals surface area (Å²) in [5.74, 6) is 1.29. The SMILES string of the molecule is CCCCc1nc2ccc(NC(=O)CNCC3CCCCC3)cc2n1Cc1ccc(-c2ccccc2)c(C(=O)OC(C)(C)C)c1. The number of hydrogen-bond donors (Lipinski definition) is 2. The third-order valence-electron chi connectivity index (χ3n) is 8.44. The van der Waals surface area contributed by atoms with E-state index in [1.807, 2.05) is 81.4 Å². The van der Waals surface area contributed by atoms with Gasteiger partial charge in [0.15, 0.2) is 0 Å². The molecule has 0 atom stereocenters. The molecule has 0 unspecified atom stereocenters. The van der Waals surface area contributed by atoms with E-state index in [4.69, 9.17) is 9.72 Å². The van der Waals surface area contributed by atoms with E-state index in [0.717, 1.165) is 65.0 Å². The largest absolute Gasteiger partial charge is 0.456 e. The summed E-state index contributed by atoms with van der Waals surface area (Å²) in [6.07, 6.45) is 9.37. The summed E-state index contributed by atoms with van der Waals surface area (Å²) >= 11 is 0. The molecule has 0 aliphatic heterocycles. The van der Waals surface area contributed by atoms with Crippen molar-refractivity contribution >= 4 is 28.6 Å². The molecule has 1 aliphatic rings. The monoisotopic (exact) mass is 608 g/mol. The van der Waals surface area contributed by atoms with Crippen molar-refractivity contribution in [3.05, 3.63) is 83.7 Å². The number of aryl methyl sites for hydroxylation is 1. The van der Waals surface area contributed by atoms with Crippen LogP contribution in [0, 0.1) is 5.92 Å². The molecular weight excluding hydrogens is 560 g/mol. The smallest absolute Gasteiger partial charge is 0.339 e. The van der Waals surface area contributed by atoms with Crippen LogP contribution in [0.3, 0.4) is 0 Å². The van der Waals surface area contributed by atoms with Crippen LogP contribution in [0.15, 0.2) is 66.7 Å². The number of unbranched alkanes of at least 4 members (excludes halogenated alkanes) is 1. The standard InChI is InChI=1S/C38H48N4O3/c1-5-6-17-35-41-33-21-19-30(40-36(43)25-39-24-27-13-9-7-10-14-27)23-34(33)42(35)26-28-18-20-31(29-15-11-8-12-16-29)32(22-28)37(44)45-38(2,3)4/h8,11-12,15-16,18-23,27,39H,5-7,9-10,13-14,17,24-26H2,1-4H3,(H,40,43). The molecule has 2 N–H and O–H groups in total. The van der Waals surface area contributed by atoms with Crippen LogP contribution in [0.25, 0.3) is 22.2 Å². The first-order chi connectivity index (χ1) is 21.7. The molecule has 1 heterocycles. The molecule has 0 spiro atoms. The highest BCUT2D eigenvalue weighted by Crippen LogP contribution is 2.29. The van der Waals surface area contributed by atoms with E-state index >= 15 is 0 Å². The van der Waals surface area contributed by atoms with Gasteiger partial charge in [-0.25, -0.2) is 9.78 Å². The van der Waals surface area contributed by atoms with Gasteiger partial charge in [-0.1, -0.05) is 75.1 Å². The van der Waals surface area contributed by atoms with Crippen molar-refractivity contribution in [2.45, 2.75) is 91.2 Å². The molecule has 7 nitrogen and oxygen atoms in total.